The van der Waals surface area contributed by atoms with Crippen LogP contribution in [0.25, 0.3) is 0 Å². The Bertz CT molecular complexity index is 1160. The summed E-state index contributed by atoms with van der Waals surface area (Å²) < 4.78 is 16.8. The van der Waals surface area contributed by atoms with Crippen molar-refractivity contribution in [3.05, 3.63) is 91.9 Å². The number of hydrazone groups is 1. The third-order valence-corrected chi connectivity index (χ3v) is 5.11. The molecule has 3 aromatic rings. The van der Waals surface area contributed by atoms with Crippen LogP contribution in [-0.4, -0.2) is 31.3 Å². The third-order valence-electron chi connectivity index (χ3n) is 4.49. The van der Waals surface area contributed by atoms with Crippen LogP contribution in [0.2, 0.25) is 0 Å². The van der Waals surface area contributed by atoms with Crippen molar-refractivity contribution in [2.24, 2.45) is 5.10 Å². The number of nitro groups is 1. The zero-order valence-corrected chi connectivity index (χ0v) is 19.4. The van der Waals surface area contributed by atoms with E-state index in [1.165, 1.54) is 32.6 Å². The second kappa shape index (κ2) is 11.1. The van der Waals surface area contributed by atoms with Gasteiger partial charge in [-0.1, -0.05) is 0 Å². The molecule has 170 valence electrons. The number of hydrogen-bond donors (Lipinski definition) is 1. The minimum atomic E-state index is -0.447. The summed E-state index contributed by atoms with van der Waals surface area (Å²) in [6, 6.07) is 16.3. The second-order valence-corrected chi connectivity index (χ2v) is 7.56. The van der Waals surface area contributed by atoms with Crippen LogP contribution >= 0.6 is 15.9 Å². The number of carbonyl (C=O) groups excluding carboxylic acids is 1. The van der Waals surface area contributed by atoms with Crippen LogP contribution in [0.4, 0.5) is 5.69 Å². The molecule has 0 atom stereocenters. The van der Waals surface area contributed by atoms with E-state index in [4.69, 9.17) is 14.2 Å². The number of hydrogen-bond acceptors (Lipinski definition) is 7. The van der Waals surface area contributed by atoms with Crippen molar-refractivity contribution in [3.8, 4) is 17.2 Å². The van der Waals surface area contributed by atoms with E-state index in [2.05, 4.69) is 26.5 Å². The topological polar surface area (TPSA) is 112 Å². The molecule has 0 fully saturated rings. The lowest BCUT2D eigenvalue weighted by Gasteiger charge is -2.09. The van der Waals surface area contributed by atoms with Gasteiger partial charge in [0.05, 0.1) is 29.8 Å². The fourth-order valence-electron chi connectivity index (χ4n) is 2.76. The lowest BCUT2D eigenvalue weighted by molar-refractivity contribution is -0.384. The molecule has 0 aromatic heterocycles. The fraction of sp³-hybridized carbons (Fsp3) is 0.130. The van der Waals surface area contributed by atoms with Gasteiger partial charge in [0.2, 0.25) is 0 Å². The summed E-state index contributed by atoms with van der Waals surface area (Å²) in [5.74, 6) is 1.18. The number of nitrogens with one attached hydrogen (secondary N) is 1. The molecule has 0 aliphatic rings. The zero-order chi connectivity index (χ0) is 23.8. The predicted molar refractivity (Wildman–Crippen MR) is 126 cm³/mol. The van der Waals surface area contributed by atoms with Crippen LogP contribution in [0.1, 0.15) is 21.5 Å². The zero-order valence-electron chi connectivity index (χ0n) is 17.8. The van der Waals surface area contributed by atoms with Gasteiger partial charge in [-0.3, -0.25) is 14.9 Å². The van der Waals surface area contributed by atoms with Gasteiger partial charge in [-0.25, -0.2) is 5.43 Å². The molecule has 3 aromatic carbocycles. The van der Waals surface area contributed by atoms with Crippen LogP contribution in [0.5, 0.6) is 17.2 Å². The lowest BCUT2D eigenvalue weighted by atomic mass is 10.2. The number of methoxy groups -OCH3 is 2. The fourth-order valence-corrected chi connectivity index (χ4v) is 3.27. The summed E-state index contributed by atoms with van der Waals surface area (Å²) in [6.07, 6.45) is 1.50. The Kier molecular flexibility index (Phi) is 7.98. The Morgan fingerprint density at radius 1 is 1.06 bits per heavy atom. The first-order valence-electron chi connectivity index (χ1n) is 9.61. The van der Waals surface area contributed by atoms with Crippen LogP contribution in [0.3, 0.4) is 0 Å². The first-order chi connectivity index (χ1) is 15.9. The number of non-ortho nitro benzene ring substituents is 1. The SMILES string of the molecule is COc1cc(OC)cc(C(=O)N/N=C\c2ccc(OCc3ccc([N+](=O)[O-])cc3)c(Br)c2)c1. The van der Waals surface area contributed by atoms with Gasteiger partial charge < -0.3 is 14.2 Å². The molecule has 33 heavy (non-hydrogen) atoms. The van der Waals surface area contributed by atoms with E-state index in [9.17, 15) is 14.9 Å². The van der Waals surface area contributed by atoms with Crippen LogP contribution in [0, 0.1) is 10.1 Å². The summed E-state index contributed by atoms with van der Waals surface area (Å²) >= 11 is 3.45. The summed E-state index contributed by atoms with van der Waals surface area (Å²) in [7, 11) is 3.01. The molecule has 0 aliphatic heterocycles. The Labute approximate surface area is 198 Å². The molecule has 1 N–H and O–H groups in total. The van der Waals surface area contributed by atoms with Gasteiger partial charge in [0, 0.05) is 23.8 Å². The average molecular weight is 514 g/mol. The van der Waals surface area contributed by atoms with Gasteiger partial charge in [0.15, 0.2) is 0 Å². The second-order valence-electron chi connectivity index (χ2n) is 6.70. The van der Waals surface area contributed by atoms with Crippen LogP contribution < -0.4 is 19.6 Å². The summed E-state index contributed by atoms with van der Waals surface area (Å²) in [6.45, 7) is 0.254. The molecular weight excluding hydrogens is 494 g/mol. The van der Waals surface area contributed by atoms with Gasteiger partial charge in [-0.05, 0) is 69.5 Å². The van der Waals surface area contributed by atoms with E-state index < -0.39 is 10.8 Å². The number of rotatable bonds is 9. The Morgan fingerprint density at radius 3 is 2.30 bits per heavy atom. The predicted octanol–water partition coefficient (Wildman–Crippen LogP) is 4.72. The highest BCUT2D eigenvalue weighted by molar-refractivity contribution is 9.10. The van der Waals surface area contributed by atoms with E-state index in [1.807, 2.05) is 0 Å². The maximum atomic E-state index is 12.4. The maximum Gasteiger partial charge on any atom is 0.271 e. The van der Waals surface area contributed by atoms with E-state index in [0.717, 1.165) is 11.1 Å². The summed E-state index contributed by atoms with van der Waals surface area (Å²) in [4.78, 5) is 22.7. The largest absolute Gasteiger partial charge is 0.497 e. The maximum absolute atomic E-state index is 12.4. The molecular formula is C23H20BrN3O6. The van der Waals surface area contributed by atoms with Gasteiger partial charge >= 0.3 is 0 Å². The molecule has 9 nitrogen and oxygen atoms in total. The smallest absolute Gasteiger partial charge is 0.271 e. The Hall–Kier alpha value is -3.92. The van der Waals surface area contributed by atoms with Gasteiger partial charge in [-0.15, -0.1) is 0 Å². The number of nitro benzene ring substituents is 1. The van der Waals surface area contributed by atoms with Crippen molar-refractivity contribution in [3.63, 3.8) is 0 Å². The molecule has 0 saturated carbocycles. The first kappa shape index (κ1) is 23.7. The first-order valence-corrected chi connectivity index (χ1v) is 10.4. The molecule has 0 saturated heterocycles. The highest BCUT2D eigenvalue weighted by Crippen LogP contribution is 2.27. The molecule has 1 amide bonds. The van der Waals surface area contributed by atoms with E-state index in [-0.39, 0.29) is 12.3 Å². The van der Waals surface area contributed by atoms with Crippen molar-refractivity contribution in [2.75, 3.05) is 14.2 Å². The number of amides is 1. The van der Waals surface area contributed by atoms with E-state index in [0.29, 0.717) is 27.3 Å². The number of ether oxygens (including phenoxy) is 3. The van der Waals surface area contributed by atoms with Crippen molar-refractivity contribution < 1.29 is 23.9 Å². The molecule has 0 unspecified atom stereocenters. The number of nitrogens with zero attached hydrogens (tertiary/aromatic N) is 2. The molecule has 0 bridgehead atoms. The highest BCUT2D eigenvalue weighted by atomic mass is 79.9. The van der Waals surface area contributed by atoms with Crippen molar-refractivity contribution in [2.45, 2.75) is 6.61 Å². The monoisotopic (exact) mass is 513 g/mol. The molecule has 10 heteroatoms. The molecule has 0 aliphatic carbocycles. The van der Waals surface area contributed by atoms with Gasteiger partial charge in [0.25, 0.3) is 11.6 Å². The van der Waals surface area contributed by atoms with Gasteiger partial charge in [0.1, 0.15) is 23.9 Å². The summed E-state index contributed by atoms with van der Waals surface area (Å²) in [5.41, 5.74) is 4.37. The van der Waals surface area contributed by atoms with Gasteiger partial charge in [-0.2, -0.15) is 5.10 Å². The number of benzene rings is 3. The summed E-state index contributed by atoms with van der Waals surface area (Å²) in [5, 5.41) is 14.7. The van der Waals surface area contributed by atoms with Crippen molar-refractivity contribution >= 4 is 33.7 Å². The standard InChI is InChI=1S/C23H20BrN3O6/c1-31-19-10-17(11-20(12-19)32-2)23(28)26-25-13-16-5-8-22(21(24)9-16)33-14-15-3-6-18(7-4-15)27(29)30/h3-13H,14H2,1-2H3,(H,26,28)/b25-13-. The minimum Gasteiger partial charge on any atom is -0.497 e. The Balaban J connectivity index is 1.59. The van der Waals surface area contributed by atoms with E-state index >= 15 is 0 Å². The minimum absolute atomic E-state index is 0.0289. The molecule has 0 radical (unpaired) electrons. The average Bonchev–Trinajstić information content (AvgIpc) is 2.83. The van der Waals surface area contributed by atoms with Crippen LogP contribution in [-0.2, 0) is 6.61 Å². The Morgan fingerprint density at radius 2 is 1.73 bits per heavy atom. The highest BCUT2D eigenvalue weighted by Gasteiger charge is 2.09. The van der Waals surface area contributed by atoms with E-state index in [1.54, 1.807) is 48.5 Å². The normalized spacial score (nSPS) is 10.6. The quantitative estimate of drug-likeness (QED) is 0.251. The molecule has 0 spiro atoms. The molecule has 3 rings (SSSR count). The van der Waals surface area contributed by atoms with Crippen LogP contribution in [0.15, 0.2) is 70.2 Å². The van der Waals surface area contributed by atoms with Crippen molar-refractivity contribution in [1.82, 2.24) is 5.43 Å². The molecule has 0 heterocycles. The van der Waals surface area contributed by atoms with Crippen molar-refractivity contribution in [1.29, 1.82) is 0 Å². The third kappa shape index (κ3) is 6.53. The number of halogens is 1. The number of carbonyl (C=O) groups is 1. The lowest BCUT2D eigenvalue weighted by Crippen LogP contribution is -2.17.